The van der Waals surface area contributed by atoms with Crippen LogP contribution in [0.15, 0.2) is 66.7 Å². The molecule has 2 N–H and O–H groups in total. The van der Waals surface area contributed by atoms with Gasteiger partial charge in [0.15, 0.2) is 29.6 Å². The molecule has 0 spiro atoms. The maximum absolute atomic E-state index is 12.2. The quantitative estimate of drug-likeness (QED) is 0.628. The van der Waals surface area contributed by atoms with Crippen molar-refractivity contribution in [3.8, 4) is 23.0 Å². The molecule has 0 aromatic heterocycles. The largest absolute Gasteiger partial charge is 0.493 e. The Hall–Kier alpha value is -3.87. The zero-order valence-corrected chi connectivity index (χ0v) is 15.8. The molecule has 1 aliphatic rings. The number of fused-ring (bicyclic) bond motifs is 1. The number of hydrogen-bond donors (Lipinski definition) is 2. The lowest BCUT2D eigenvalue weighted by molar-refractivity contribution is -0.118. The predicted octanol–water partition coefficient (Wildman–Crippen LogP) is 4.19. The van der Waals surface area contributed by atoms with Gasteiger partial charge in [0.1, 0.15) is 0 Å². The van der Waals surface area contributed by atoms with Crippen LogP contribution in [0.4, 0.5) is 17.1 Å². The van der Waals surface area contributed by atoms with Crippen LogP contribution in [0.3, 0.4) is 0 Å². The number of rotatable bonds is 7. The van der Waals surface area contributed by atoms with Crippen LogP contribution in [-0.2, 0) is 4.79 Å². The van der Waals surface area contributed by atoms with Crippen LogP contribution < -0.4 is 29.6 Å². The Morgan fingerprint density at radius 2 is 1.59 bits per heavy atom. The summed E-state index contributed by atoms with van der Waals surface area (Å²) in [7, 11) is 1.56. The number of ether oxygens (including phenoxy) is 4. The molecule has 0 aliphatic carbocycles. The number of anilines is 3. The van der Waals surface area contributed by atoms with Gasteiger partial charge in [-0.3, -0.25) is 4.79 Å². The van der Waals surface area contributed by atoms with E-state index in [9.17, 15) is 4.79 Å². The summed E-state index contributed by atoms with van der Waals surface area (Å²) in [5.41, 5.74) is 2.44. The maximum Gasteiger partial charge on any atom is 0.262 e. The summed E-state index contributed by atoms with van der Waals surface area (Å²) in [4.78, 5) is 12.2. The standard InChI is InChI=1S/C22H20N2O5/c1-26-18-4-2-3-5-19(18)27-13-22(25)24-16-8-6-15(7-9-16)23-17-10-11-20-21(12-17)29-14-28-20/h2-12,23H,13-14H2,1H3,(H,24,25). The second-order valence-corrected chi connectivity index (χ2v) is 6.26. The number of benzene rings is 3. The SMILES string of the molecule is COc1ccccc1OCC(=O)Nc1ccc(Nc2ccc3c(c2)OCO3)cc1. The minimum Gasteiger partial charge on any atom is -0.493 e. The molecular weight excluding hydrogens is 372 g/mol. The summed E-state index contributed by atoms with van der Waals surface area (Å²) >= 11 is 0. The Balaban J connectivity index is 1.31. The molecule has 1 heterocycles. The van der Waals surface area contributed by atoms with Crippen molar-refractivity contribution in [2.45, 2.75) is 0 Å². The van der Waals surface area contributed by atoms with E-state index in [1.807, 2.05) is 54.6 Å². The molecule has 0 unspecified atom stereocenters. The molecule has 148 valence electrons. The zero-order valence-electron chi connectivity index (χ0n) is 15.8. The number of hydrogen-bond acceptors (Lipinski definition) is 6. The maximum atomic E-state index is 12.2. The molecule has 0 saturated heterocycles. The molecule has 7 heteroatoms. The fourth-order valence-electron chi connectivity index (χ4n) is 2.86. The van der Waals surface area contributed by atoms with Crippen molar-refractivity contribution in [1.29, 1.82) is 0 Å². The number of nitrogens with one attached hydrogen (secondary N) is 2. The molecule has 4 rings (SSSR count). The second-order valence-electron chi connectivity index (χ2n) is 6.26. The van der Waals surface area contributed by atoms with Crippen molar-refractivity contribution < 1.29 is 23.7 Å². The summed E-state index contributed by atoms with van der Waals surface area (Å²) < 4.78 is 21.4. The summed E-state index contributed by atoms with van der Waals surface area (Å²) in [6.45, 7) is 0.130. The number of methoxy groups -OCH3 is 1. The van der Waals surface area contributed by atoms with Gasteiger partial charge in [-0.1, -0.05) is 12.1 Å². The smallest absolute Gasteiger partial charge is 0.262 e. The van der Waals surface area contributed by atoms with Gasteiger partial charge in [0, 0.05) is 23.1 Å². The van der Waals surface area contributed by atoms with Gasteiger partial charge in [0.2, 0.25) is 6.79 Å². The van der Waals surface area contributed by atoms with Gasteiger partial charge in [-0.25, -0.2) is 0 Å². The van der Waals surface area contributed by atoms with Crippen LogP contribution in [0.2, 0.25) is 0 Å². The Labute approximate surface area is 168 Å². The lowest BCUT2D eigenvalue weighted by Gasteiger charge is -2.11. The topological polar surface area (TPSA) is 78.1 Å². The monoisotopic (exact) mass is 392 g/mol. The van der Waals surface area contributed by atoms with E-state index in [0.29, 0.717) is 22.9 Å². The molecule has 1 amide bonds. The van der Waals surface area contributed by atoms with Crippen molar-refractivity contribution in [3.05, 3.63) is 66.7 Å². The zero-order chi connectivity index (χ0) is 20.1. The van der Waals surface area contributed by atoms with Crippen molar-refractivity contribution >= 4 is 23.0 Å². The summed E-state index contributed by atoms with van der Waals surface area (Å²) in [5, 5.41) is 6.09. The molecule has 0 bridgehead atoms. The lowest BCUT2D eigenvalue weighted by Crippen LogP contribution is -2.20. The van der Waals surface area contributed by atoms with Crippen LogP contribution in [0.25, 0.3) is 0 Å². The first-order valence-electron chi connectivity index (χ1n) is 9.04. The Kier molecular flexibility index (Phi) is 5.38. The molecule has 3 aromatic carbocycles. The summed E-state index contributed by atoms with van der Waals surface area (Å²) in [5.74, 6) is 2.30. The van der Waals surface area contributed by atoms with E-state index in [2.05, 4.69) is 10.6 Å². The highest BCUT2D eigenvalue weighted by Crippen LogP contribution is 2.35. The molecule has 7 nitrogen and oxygen atoms in total. The molecule has 3 aromatic rings. The highest BCUT2D eigenvalue weighted by Gasteiger charge is 2.13. The van der Waals surface area contributed by atoms with Crippen LogP contribution in [0.1, 0.15) is 0 Å². The fourth-order valence-corrected chi connectivity index (χ4v) is 2.86. The van der Waals surface area contributed by atoms with Crippen LogP contribution in [0, 0.1) is 0 Å². The third-order valence-electron chi connectivity index (χ3n) is 4.26. The minimum absolute atomic E-state index is 0.114. The molecule has 1 aliphatic heterocycles. The van der Waals surface area contributed by atoms with Gasteiger partial charge in [0.25, 0.3) is 5.91 Å². The van der Waals surface area contributed by atoms with Gasteiger partial charge in [-0.05, 0) is 48.5 Å². The van der Waals surface area contributed by atoms with Gasteiger partial charge < -0.3 is 29.6 Å². The third kappa shape index (κ3) is 4.52. The Morgan fingerprint density at radius 3 is 2.38 bits per heavy atom. The van der Waals surface area contributed by atoms with Gasteiger partial charge in [0.05, 0.1) is 7.11 Å². The van der Waals surface area contributed by atoms with E-state index >= 15 is 0 Å². The molecule has 0 radical (unpaired) electrons. The number of carbonyl (C=O) groups excluding carboxylic acids is 1. The number of para-hydroxylation sites is 2. The van der Waals surface area contributed by atoms with Gasteiger partial charge in [-0.2, -0.15) is 0 Å². The summed E-state index contributed by atoms with van der Waals surface area (Å²) in [6.07, 6.45) is 0. The second kappa shape index (κ2) is 8.43. The summed E-state index contributed by atoms with van der Waals surface area (Å²) in [6, 6.07) is 20.2. The normalized spacial score (nSPS) is 11.6. The van der Waals surface area contributed by atoms with E-state index in [1.165, 1.54) is 0 Å². The first kappa shape index (κ1) is 18.5. The average molecular weight is 392 g/mol. The first-order chi connectivity index (χ1) is 14.2. The molecule has 0 saturated carbocycles. The molecular formula is C22H20N2O5. The number of amides is 1. The number of carbonyl (C=O) groups is 1. The van der Waals surface area contributed by atoms with Crippen LogP contribution in [-0.4, -0.2) is 26.4 Å². The van der Waals surface area contributed by atoms with Crippen molar-refractivity contribution in [3.63, 3.8) is 0 Å². The van der Waals surface area contributed by atoms with Crippen molar-refractivity contribution in [1.82, 2.24) is 0 Å². The highest BCUT2D eigenvalue weighted by atomic mass is 16.7. The van der Waals surface area contributed by atoms with E-state index in [-0.39, 0.29) is 19.3 Å². The fraction of sp³-hybridized carbons (Fsp3) is 0.136. The van der Waals surface area contributed by atoms with Gasteiger partial charge in [-0.15, -0.1) is 0 Å². The minimum atomic E-state index is -0.257. The average Bonchev–Trinajstić information content (AvgIpc) is 3.22. The van der Waals surface area contributed by atoms with E-state index in [1.54, 1.807) is 19.2 Å². The van der Waals surface area contributed by atoms with E-state index < -0.39 is 0 Å². The van der Waals surface area contributed by atoms with E-state index in [0.717, 1.165) is 17.1 Å². The van der Waals surface area contributed by atoms with Crippen molar-refractivity contribution in [2.24, 2.45) is 0 Å². The van der Waals surface area contributed by atoms with Gasteiger partial charge >= 0.3 is 0 Å². The first-order valence-corrected chi connectivity index (χ1v) is 9.04. The molecule has 29 heavy (non-hydrogen) atoms. The molecule has 0 fully saturated rings. The Morgan fingerprint density at radius 1 is 0.897 bits per heavy atom. The third-order valence-corrected chi connectivity index (χ3v) is 4.26. The van der Waals surface area contributed by atoms with Crippen LogP contribution >= 0.6 is 0 Å². The Bertz CT molecular complexity index is 1000. The van der Waals surface area contributed by atoms with Crippen molar-refractivity contribution in [2.75, 3.05) is 31.1 Å². The van der Waals surface area contributed by atoms with E-state index in [4.69, 9.17) is 18.9 Å². The molecule has 0 atom stereocenters. The predicted molar refractivity (Wildman–Crippen MR) is 109 cm³/mol. The highest BCUT2D eigenvalue weighted by molar-refractivity contribution is 5.92. The lowest BCUT2D eigenvalue weighted by atomic mass is 10.2. The van der Waals surface area contributed by atoms with Crippen LogP contribution in [0.5, 0.6) is 23.0 Å².